The maximum atomic E-state index is 2.80. The van der Waals surface area contributed by atoms with Gasteiger partial charge < -0.3 is 18.9 Å². The quantitative estimate of drug-likeness (QED) is 0.127. The first-order valence-electron chi connectivity index (χ1n) is 33.4. The zero-order valence-corrected chi connectivity index (χ0v) is 54.1. The van der Waals surface area contributed by atoms with Crippen molar-refractivity contribution in [2.45, 2.75) is 143 Å². The van der Waals surface area contributed by atoms with Crippen LogP contribution in [-0.2, 0) is 23.7 Å². The van der Waals surface area contributed by atoms with Crippen molar-refractivity contribution in [2.75, 3.05) is 9.80 Å². The highest BCUT2D eigenvalue weighted by atomic mass is 15.2. The topological polar surface area (TPSA) is 16.3 Å². The average molecular weight is 1170 g/mol. The third-order valence-corrected chi connectivity index (χ3v) is 20.8. The molecular weight excluding hydrogens is 1090 g/mol. The Labute approximate surface area is 531 Å². The molecule has 16 rings (SSSR count). The summed E-state index contributed by atoms with van der Waals surface area (Å²) in [5.41, 5.74) is 23.5. The number of para-hydroxylation sites is 4. The van der Waals surface area contributed by atoms with Crippen LogP contribution >= 0.6 is 0 Å². The summed E-state index contributed by atoms with van der Waals surface area (Å²) >= 11 is 0. The van der Waals surface area contributed by atoms with Crippen LogP contribution < -0.4 is 9.80 Å². The Balaban J connectivity index is 0.992. The summed E-state index contributed by atoms with van der Waals surface area (Å²) in [4.78, 5) is 5.60. The van der Waals surface area contributed by atoms with Gasteiger partial charge in [0, 0.05) is 66.4 Å². The SMILES string of the molecule is CC(C)c1cc(N(c2ccc3c4ccccc4n(-c4ccccc4C(C)(C)C)c3c2)C2CCCc3ccccc32)c2ccc3c(C(C)C)cc(N(c4ccc5c6ccccc6n(-c6ccccc6C(C)(C)C)c5c4)C4CCCc5ccccc54)c4ccc1c2c34. The van der Waals surface area contributed by atoms with Crippen molar-refractivity contribution in [1.82, 2.24) is 9.13 Å². The molecule has 12 aromatic carbocycles. The molecule has 2 atom stereocenters. The molecule has 446 valence electrons. The molecular formula is C86H82N4. The second-order valence-electron chi connectivity index (χ2n) is 28.9. The third-order valence-electron chi connectivity index (χ3n) is 20.8. The van der Waals surface area contributed by atoms with E-state index in [-0.39, 0.29) is 34.7 Å². The van der Waals surface area contributed by atoms with Crippen LogP contribution in [0.5, 0.6) is 0 Å². The van der Waals surface area contributed by atoms with E-state index in [9.17, 15) is 0 Å². The third kappa shape index (κ3) is 8.82. The number of anilines is 4. The average Bonchev–Trinajstić information content (AvgIpc) is 0.882. The van der Waals surface area contributed by atoms with E-state index in [1.807, 2.05) is 0 Å². The molecule has 0 saturated heterocycles. The van der Waals surface area contributed by atoms with E-state index in [1.165, 1.54) is 155 Å². The summed E-state index contributed by atoms with van der Waals surface area (Å²) in [6, 6.07) is 85.3. The van der Waals surface area contributed by atoms with Crippen LogP contribution in [0.25, 0.3) is 87.3 Å². The summed E-state index contributed by atoms with van der Waals surface area (Å²) in [5.74, 6) is 0.516. The molecule has 0 saturated carbocycles. The summed E-state index contributed by atoms with van der Waals surface area (Å²) in [5, 5.41) is 13.2. The van der Waals surface area contributed by atoms with Crippen LogP contribution in [0.4, 0.5) is 22.7 Å². The van der Waals surface area contributed by atoms with Crippen molar-refractivity contribution in [2.24, 2.45) is 0 Å². The molecule has 2 aliphatic rings. The van der Waals surface area contributed by atoms with Gasteiger partial charge >= 0.3 is 0 Å². The lowest BCUT2D eigenvalue weighted by Gasteiger charge is -2.40. The lowest BCUT2D eigenvalue weighted by Crippen LogP contribution is -2.28. The fourth-order valence-corrected chi connectivity index (χ4v) is 16.7. The Morgan fingerprint density at radius 3 is 1.13 bits per heavy atom. The summed E-state index contributed by atoms with van der Waals surface area (Å²) in [6.45, 7) is 23.7. The molecule has 0 amide bonds. The molecule has 90 heavy (non-hydrogen) atoms. The van der Waals surface area contributed by atoms with E-state index in [0.29, 0.717) is 0 Å². The lowest BCUT2D eigenvalue weighted by atomic mass is 9.82. The molecule has 0 bridgehead atoms. The van der Waals surface area contributed by atoms with Crippen molar-refractivity contribution in [1.29, 1.82) is 0 Å². The Kier molecular flexibility index (Phi) is 13.3. The van der Waals surface area contributed by atoms with Crippen molar-refractivity contribution < 1.29 is 0 Å². The Morgan fingerprint density at radius 2 is 0.711 bits per heavy atom. The standard InChI is InChI=1S/C86H82N4/c1-53(2)69-51-81(87(73-39-23-27-55-25-11-13-29-59(55)73)57-41-43-63-61-31-15-19-35-75(61)89(79(63)49-57)77-37-21-17-33-71(77)85(5,6)7)67-48-46-66-70(54(3)4)52-82(68-47-45-65(69)83(67)84(66)68)88(74-40-24-28-56-26-12-14-30-60(56)74)58-42-44-64-62-32-16-20-36-76(62)90(80(64)50-58)78-38-22-18-34-72(78)86(8,9)10/h11-22,25-26,29-38,41-54,73-74H,23-24,27-28,39-40H2,1-10H3. The predicted molar refractivity (Wildman–Crippen MR) is 386 cm³/mol. The van der Waals surface area contributed by atoms with Crippen LogP contribution in [0.3, 0.4) is 0 Å². The summed E-state index contributed by atoms with van der Waals surface area (Å²) in [6.07, 6.45) is 6.53. The number of hydrogen-bond donors (Lipinski definition) is 0. The maximum Gasteiger partial charge on any atom is 0.0594 e. The number of benzene rings is 12. The van der Waals surface area contributed by atoms with Crippen LogP contribution in [-0.4, -0.2) is 9.13 Å². The first-order valence-corrected chi connectivity index (χ1v) is 33.4. The number of hydrogen-bond acceptors (Lipinski definition) is 2. The van der Waals surface area contributed by atoms with Gasteiger partial charge in [0.15, 0.2) is 0 Å². The largest absolute Gasteiger partial charge is 0.333 e. The van der Waals surface area contributed by atoms with Crippen molar-refractivity contribution in [3.8, 4) is 11.4 Å². The minimum atomic E-state index is -0.0698. The van der Waals surface area contributed by atoms with E-state index >= 15 is 0 Å². The molecule has 4 heteroatoms. The molecule has 0 aliphatic heterocycles. The Hall–Kier alpha value is -9.12. The summed E-state index contributed by atoms with van der Waals surface area (Å²) < 4.78 is 5.14. The van der Waals surface area contributed by atoms with Gasteiger partial charge in [-0.15, -0.1) is 0 Å². The highest BCUT2D eigenvalue weighted by molar-refractivity contribution is 6.29. The number of rotatable bonds is 10. The van der Waals surface area contributed by atoms with E-state index < -0.39 is 0 Å². The predicted octanol–water partition coefficient (Wildman–Crippen LogP) is 24.1. The minimum Gasteiger partial charge on any atom is -0.333 e. The second-order valence-corrected chi connectivity index (χ2v) is 28.9. The molecule has 2 aromatic heterocycles. The maximum absolute atomic E-state index is 2.80. The first kappa shape index (κ1) is 56.1. The van der Waals surface area contributed by atoms with E-state index in [4.69, 9.17) is 0 Å². The highest BCUT2D eigenvalue weighted by Gasteiger charge is 2.35. The van der Waals surface area contributed by atoms with E-state index in [2.05, 4.69) is 307 Å². The fourth-order valence-electron chi connectivity index (χ4n) is 16.7. The van der Waals surface area contributed by atoms with Crippen LogP contribution in [0, 0.1) is 0 Å². The van der Waals surface area contributed by atoms with Gasteiger partial charge in [-0.05, 0) is 188 Å². The Bertz CT molecular complexity index is 4820. The van der Waals surface area contributed by atoms with Gasteiger partial charge in [0.2, 0.25) is 0 Å². The zero-order chi connectivity index (χ0) is 61.5. The summed E-state index contributed by atoms with van der Waals surface area (Å²) in [7, 11) is 0. The van der Waals surface area contributed by atoms with Crippen LogP contribution in [0.15, 0.2) is 218 Å². The minimum absolute atomic E-state index is 0.0698. The second kappa shape index (κ2) is 21.3. The molecule has 2 unspecified atom stereocenters. The van der Waals surface area contributed by atoms with Gasteiger partial charge in [0.25, 0.3) is 0 Å². The smallest absolute Gasteiger partial charge is 0.0594 e. The molecule has 2 aliphatic carbocycles. The number of fused-ring (bicyclic) bond motifs is 8. The number of nitrogens with zero attached hydrogens (tertiary/aromatic N) is 4. The van der Waals surface area contributed by atoms with Gasteiger partial charge in [-0.25, -0.2) is 0 Å². The van der Waals surface area contributed by atoms with Crippen LogP contribution in [0.1, 0.15) is 163 Å². The molecule has 0 spiro atoms. The zero-order valence-electron chi connectivity index (χ0n) is 54.1. The van der Waals surface area contributed by atoms with Gasteiger partial charge in [0.05, 0.1) is 34.2 Å². The van der Waals surface area contributed by atoms with Gasteiger partial charge in [0.1, 0.15) is 0 Å². The van der Waals surface area contributed by atoms with Gasteiger partial charge in [-0.2, -0.15) is 0 Å². The van der Waals surface area contributed by atoms with Crippen molar-refractivity contribution in [3.63, 3.8) is 0 Å². The van der Waals surface area contributed by atoms with Gasteiger partial charge in [-0.3, -0.25) is 0 Å². The molecule has 0 N–H and O–H groups in total. The van der Waals surface area contributed by atoms with Crippen molar-refractivity contribution in [3.05, 3.63) is 263 Å². The molecule has 4 nitrogen and oxygen atoms in total. The van der Waals surface area contributed by atoms with Crippen LogP contribution in [0.2, 0.25) is 0 Å². The molecule has 0 fully saturated rings. The first-order chi connectivity index (χ1) is 43.6. The number of aryl methyl sites for hydroxylation is 2. The number of aromatic nitrogens is 2. The Morgan fingerprint density at radius 1 is 0.356 bits per heavy atom. The van der Waals surface area contributed by atoms with Crippen molar-refractivity contribution >= 4 is 98.7 Å². The molecule has 14 aromatic rings. The fraction of sp³-hybridized carbons (Fsp3) is 0.256. The lowest BCUT2D eigenvalue weighted by molar-refractivity contribution is 0.559. The van der Waals surface area contributed by atoms with Gasteiger partial charge in [-0.1, -0.05) is 227 Å². The molecule has 0 radical (unpaired) electrons. The monoisotopic (exact) mass is 1170 g/mol. The normalized spacial score (nSPS) is 15.6. The van der Waals surface area contributed by atoms with E-state index in [1.54, 1.807) is 0 Å². The van der Waals surface area contributed by atoms with E-state index in [0.717, 1.165) is 38.5 Å². The molecule has 2 heterocycles. The highest BCUT2D eigenvalue weighted by Crippen LogP contribution is 2.54.